The highest BCUT2D eigenvalue weighted by Crippen LogP contribution is 2.23. The van der Waals surface area contributed by atoms with Crippen molar-refractivity contribution in [3.8, 4) is 0 Å². The number of aliphatic hydroxyl groups is 1. The number of carbonyl (C=O) groups excluding carboxylic acids is 1. The average molecular weight is 240 g/mol. The maximum Gasteiger partial charge on any atom is 0.311 e. The number of hydrogen-bond acceptors (Lipinski definition) is 3. The molecule has 17 heavy (non-hydrogen) atoms. The monoisotopic (exact) mass is 240 g/mol. The Kier molecular flexibility index (Phi) is 4.23. The van der Waals surface area contributed by atoms with E-state index >= 15 is 0 Å². The first-order valence-corrected chi connectivity index (χ1v) is 5.41. The van der Waals surface area contributed by atoms with Gasteiger partial charge in [-0.05, 0) is 31.5 Å². The predicted molar refractivity (Wildman–Crippen MR) is 61.9 cm³/mol. The van der Waals surface area contributed by atoms with Crippen LogP contribution in [0.25, 0.3) is 0 Å². The minimum Gasteiger partial charge on any atom is -0.469 e. The highest BCUT2D eigenvalue weighted by atomic mass is 19.1. The number of rotatable bonds is 4. The van der Waals surface area contributed by atoms with Crippen LogP contribution in [-0.2, 0) is 16.0 Å². The molecule has 1 aromatic carbocycles. The van der Waals surface area contributed by atoms with Gasteiger partial charge in [0.25, 0.3) is 0 Å². The second-order valence-electron chi connectivity index (χ2n) is 4.41. The summed E-state index contributed by atoms with van der Waals surface area (Å²) in [6.45, 7) is 3.13. The molecule has 0 spiro atoms. The molecule has 3 nitrogen and oxygen atoms in total. The number of halogens is 1. The van der Waals surface area contributed by atoms with E-state index in [1.54, 1.807) is 26.0 Å². The summed E-state index contributed by atoms with van der Waals surface area (Å²) in [6.07, 6.45) is 0.195. The van der Waals surface area contributed by atoms with Gasteiger partial charge in [0.15, 0.2) is 0 Å². The third-order valence-corrected chi connectivity index (χ3v) is 2.94. The molecule has 2 atom stereocenters. The Morgan fingerprint density at radius 2 is 2.24 bits per heavy atom. The Morgan fingerprint density at radius 1 is 1.59 bits per heavy atom. The van der Waals surface area contributed by atoms with Crippen LogP contribution < -0.4 is 0 Å². The molecule has 0 radical (unpaired) electrons. The van der Waals surface area contributed by atoms with E-state index in [1.165, 1.54) is 19.2 Å². The lowest BCUT2D eigenvalue weighted by Crippen LogP contribution is -2.40. The van der Waals surface area contributed by atoms with Crippen molar-refractivity contribution >= 4 is 5.97 Å². The summed E-state index contributed by atoms with van der Waals surface area (Å²) >= 11 is 0. The lowest BCUT2D eigenvalue weighted by atomic mass is 9.85. The summed E-state index contributed by atoms with van der Waals surface area (Å²) in [7, 11) is 1.27. The predicted octanol–water partition coefficient (Wildman–Crippen LogP) is 1.93. The molecule has 0 aliphatic heterocycles. The first-order valence-electron chi connectivity index (χ1n) is 5.41. The lowest BCUT2D eigenvalue weighted by Gasteiger charge is -2.28. The van der Waals surface area contributed by atoms with Crippen molar-refractivity contribution < 1.29 is 19.0 Å². The first-order chi connectivity index (χ1) is 7.86. The molecule has 1 aromatic rings. The second-order valence-corrected chi connectivity index (χ2v) is 4.41. The number of hydrogen-bond donors (Lipinski definition) is 1. The van der Waals surface area contributed by atoms with Crippen molar-refractivity contribution in [2.45, 2.75) is 25.9 Å². The maximum absolute atomic E-state index is 13.0. The fourth-order valence-corrected chi connectivity index (χ4v) is 1.64. The Labute approximate surface area is 100 Å². The summed E-state index contributed by atoms with van der Waals surface area (Å²) in [5, 5.41) is 10.2. The Balaban J connectivity index is 2.82. The second kappa shape index (κ2) is 5.27. The van der Waals surface area contributed by atoms with Crippen molar-refractivity contribution in [2.24, 2.45) is 5.92 Å². The molecule has 2 unspecified atom stereocenters. The van der Waals surface area contributed by atoms with Gasteiger partial charge in [0.2, 0.25) is 0 Å². The molecule has 0 heterocycles. The number of methoxy groups -OCH3 is 1. The highest BCUT2D eigenvalue weighted by molar-refractivity contribution is 5.73. The zero-order valence-corrected chi connectivity index (χ0v) is 10.2. The molecular formula is C13H17FO3. The zero-order valence-electron chi connectivity index (χ0n) is 10.2. The number of ether oxygens (including phenoxy) is 1. The van der Waals surface area contributed by atoms with Gasteiger partial charge in [-0.15, -0.1) is 0 Å². The Hall–Kier alpha value is -1.42. The number of carbonyl (C=O) groups is 1. The van der Waals surface area contributed by atoms with E-state index < -0.39 is 17.5 Å². The minimum absolute atomic E-state index is 0.195. The zero-order chi connectivity index (χ0) is 13.1. The quantitative estimate of drug-likeness (QED) is 0.818. The van der Waals surface area contributed by atoms with Gasteiger partial charge in [0.1, 0.15) is 5.82 Å². The van der Waals surface area contributed by atoms with E-state index in [0.29, 0.717) is 5.56 Å². The summed E-state index contributed by atoms with van der Waals surface area (Å²) < 4.78 is 17.6. The van der Waals surface area contributed by atoms with E-state index in [0.717, 1.165) is 0 Å². The Bertz CT molecular complexity index is 401. The smallest absolute Gasteiger partial charge is 0.311 e. The largest absolute Gasteiger partial charge is 0.469 e. The van der Waals surface area contributed by atoms with Crippen LogP contribution >= 0.6 is 0 Å². The van der Waals surface area contributed by atoms with Crippen molar-refractivity contribution in [1.29, 1.82) is 0 Å². The lowest BCUT2D eigenvalue weighted by molar-refractivity contribution is -0.153. The maximum atomic E-state index is 13.0. The summed E-state index contributed by atoms with van der Waals surface area (Å²) in [5.74, 6) is -1.51. The van der Waals surface area contributed by atoms with Crippen LogP contribution in [0.5, 0.6) is 0 Å². The molecule has 0 aliphatic rings. The summed E-state index contributed by atoms with van der Waals surface area (Å²) in [6, 6.07) is 5.96. The highest BCUT2D eigenvalue weighted by Gasteiger charge is 2.34. The van der Waals surface area contributed by atoms with E-state index in [1.807, 2.05) is 0 Å². The van der Waals surface area contributed by atoms with Crippen molar-refractivity contribution in [1.82, 2.24) is 0 Å². The van der Waals surface area contributed by atoms with Crippen LogP contribution in [0, 0.1) is 11.7 Å². The van der Waals surface area contributed by atoms with Crippen molar-refractivity contribution in [3.05, 3.63) is 35.6 Å². The minimum atomic E-state index is -1.26. The molecule has 4 heteroatoms. The number of esters is 1. The van der Waals surface area contributed by atoms with Gasteiger partial charge >= 0.3 is 5.97 Å². The van der Waals surface area contributed by atoms with E-state index in [2.05, 4.69) is 4.74 Å². The third kappa shape index (κ3) is 3.53. The molecule has 0 saturated heterocycles. The van der Waals surface area contributed by atoms with Crippen molar-refractivity contribution in [2.75, 3.05) is 7.11 Å². The molecule has 1 rings (SSSR count). The van der Waals surface area contributed by atoms with Crippen LogP contribution in [0.2, 0.25) is 0 Å². The average Bonchev–Trinajstić information content (AvgIpc) is 2.26. The van der Waals surface area contributed by atoms with Crippen LogP contribution in [0.3, 0.4) is 0 Å². The summed E-state index contributed by atoms with van der Waals surface area (Å²) in [5.41, 5.74) is -0.619. The van der Waals surface area contributed by atoms with Crippen molar-refractivity contribution in [3.63, 3.8) is 0 Å². The van der Waals surface area contributed by atoms with Gasteiger partial charge in [0, 0.05) is 6.42 Å². The van der Waals surface area contributed by atoms with Crippen LogP contribution in [0.1, 0.15) is 19.4 Å². The molecule has 0 amide bonds. The molecule has 0 bridgehead atoms. The Morgan fingerprint density at radius 3 is 2.76 bits per heavy atom. The molecule has 0 fully saturated rings. The van der Waals surface area contributed by atoms with Gasteiger partial charge in [-0.3, -0.25) is 4.79 Å². The molecule has 0 aliphatic carbocycles. The summed E-state index contributed by atoms with van der Waals surface area (Å²) in [4.78, 5) is 11.4. The molecular weight excluding hydrogens is 223 g/mol. The van der Waals surface area contributed by atoms with Crippen LogP contribution in [-0.4, -0.2) is 23.8 Å². The van der Waals surface area contributed by atoms with Gasteiger partial charge in [-0.25, -0.2) is 4.39 Å². The number of benzene rings is 1. The van der Waals surface area contributed by atoms with Gasteiger partial charge < -0.3 is 9.84 Å². The van der Waals surface area contributed by atoms with Gasteiger partial charge in [-0.1, -0.05) is 12.1 Å². The van der Waals surface area contributed by atoms with E-state index in [-0.39, 0.29) is 12.2 Å². The molecule has 0 aromatic heterocycles. The fourth-order valence-electron chi connectivity index (χ4n) is 1.64. The van der Waals surface area contributed by atoms with Gasteiger partial charge in [0.05, 0.1) is 18.6 Å². The standard InChI is InChI=1S/C13H17FO3/c1-9(12(15)17-3)13(2,16)8-10-5-4-6-11(14)7-10/h4-7,9,16H,8H2,1-3H3. The molecule has 0 saturated carbocycles. The van der Waals surface area contributed by atoms with Gasteiger partial charge in [-0.2, -0.15) is 0 Å². The fraction of sp³-hybridized carbons (Fsp3) is 0.462. The van der Waals surface area contributed by atoms with E-state index in [4.69, 9.17) is 0 Å². The first kappa shape index (κ1) is 13.6. The van der Waals surface area contributed by atoms with Crippen LogP contribution in [0.15, 0.2) is 24.3 Å². The SMILES string of the molecule is COC(=O)C(C)C(C)(O)Cc1cccc(F)c1. The van der Waals surface area contributed by atoms with Crippen LogP contribution in [0.4, 0.5) is 4.39 Å². The normalized spacial score (nSPS) is 16.1. The molecule has 94 valence electrons. The molecule has 1 N–H and O–H groups in total. The third-order valence-electron chi connectivity index (χ3n) is 2.94. The van der Waals surface area contributed by atoms with E-state index in [9.17, 15) is 14.3 Å². The topological polar surface area (TPSA) is 46.5 Å².